The summed E-state index contributed by atoms with van der Waals surface area (Å²) in [4.78, 5) is 14.4. The Labute approximate surface area is 129 Å². The maximum Gasteiger partial charge on any atom is 0.252 e. The normalized spacial score (nSPS) is 13.7. The summed E-state index contributed by atoms with van der Waals surface area (Å²) in [6.07, 6.45) is -0.0652. The van der Waals surface area contributed by atoms with Crippen LogP contribution in [-0.4, -0.2) is 17.1 Å². The Morgan fingerprint density at radius 1 is 1.29 bits per heavy atom. The minimum atomic E-state index is -0.563. The summed E-state index contributed by atoms with van der Waals surface area (Å²) in [7, 11) is 0. The summed E-state index contributed by atoms with van der Waals surface area (Å²) in [6.45, 7) is 5.87. The molecule has 2 rings (SSSR count). The van der Waals surface area contributed by atoms with E-state index in [1.165, 1.54) is 0 Å². The van der Waals surface area contributed by atoms with Crippen LogP contribution in [0.5, 0.6) is 0 Å². The van der Waals surface area contributed by atoms with Gasteiger partial charge in [0.2, 0.25) is 0 Å². The fourth-order valence-corrected chi connectivity index (χ4v) is 3.28. The molecule has 1 aromatic heterocycles. The van der Waals surface area contributed by atoms with Crippen LogP contribution in [0.15, 0.2) is 36.4 Å². The lowest BCUT2D eigenvalue weighted by atomic mass is 10.0. The van der Waals surface area contributed by atoms with Crippen LogP contribution in [0.4, 0.5) is 0 Å². The molecule has 0 bridgehead atoms. The van der Waals surface area contributed by atoms with E-state index in [0.717, 1.165) is 20.9 Å². The van der Waals surface area contributed by atoms with E-state index in [1.54, 1.807) is 11.3 Å². The third kappa shape index (κ3) is 4.16. The van der Waals surface area contributed by atoms with Crippen LogP contribution >= 0.6 is 11.3 Å². The largest absolute Gasteiger partial charge is 0.388 e. The van der Waals surface area contributed by atoms with E-state index in [2.05, 4.69) is 5.32 Å². The quantitative estimate of drug-likeness (QED) is 0.886. The molecule has 0 aliphatic rings. The zero-order valence-electron chi connectivity index (χ0n) is 12.6. The monoisotopic (exact) mass is 303 g/mol. The van der Waals surface area contributed by atoms with Crippen molar-refractivity contribution in [3.05, 3.63) is 57.3 Å². The number of aryl methyl sites for hydroxylation is 2. The van der Waals surface area contributed by atoms with Crippen molar-refractivity contribution in [1.82, 2.24) is 5.32 Å². The fourth-order valence-electron chi connectivity index (χ4n) is 2.36. The highest BCUT2D eigenvalue weighted by Crippen LogP contribution is 2.21. The molecule has 2 N–H and O–H groups in total. The van der Waals surface area contributed by atoms with Crippen molar-refractivity contribution in [2.45, 2.75) is 39.3 Å². The van der Waals surface area contributed by atoms with Gasteiger partial charge in [-0.05, 0) is 38.8 Å². The predicted octanol–water partition coefficient (Wildman–Crippen LogP) is 3.61. The molecular weight excluding hydrogens is 282 g/mol. The molecule has 1 heterocycles. The van der Waals surface area contributed by atoms with Gasteiger partial charge in [-0.3, -0.25) is 4.79 Å². The number of thiophene rings is 1. The van der Waals surface area contributed by atoms with Crippen molar-refractivity contribution >= 4 is 17.2 Å². The van der Waals surface area contributed by atoms with Crippen LogP contribution in [-0.2, 0) is 0 Å². The molecule has 112 valence electrons. The third-order valence-corrected chi connectivity index (χ3v) is 4.39. The summed E-state index contributed by atoms with van der Waals surface area (Å²) >= 11 is 1.63. The first kappa shape index (κ1) is 15.7. The topological polar surface area (TPSA) is 49.3 Å². The van der Waals surface area contributed by atoms with E-state index in [-0.39, 0.29) is 11.9 Å². The van der Waals surface area contributed by atoms with Crippen molar-refractivity contribution in [3.8, 4) is 0 Å². The second kappa shape index (κ2) is 6.87. The third-order valence-electron chi connectivity index (χ3n) is 3.42. The SMILES string of the molecule is Cc1cc(C(=O)NC(C)CC(O)c2ccccc2)c(C)s1. The van der Waals surface area contributed by atoms with Crippen LogP contribution in [0.1, 0.15) is 45.1 Å². The second-order valence-electron chi connectivity index (χ2n) is 5.36. The van der Waals surface area contributed by atoms with Gasteiger partial charge in [-0.15, -0.1) is 11.3 Å². The van der Waals surface area contributed by atoms with Gasteiger partial charge in [0.15, 0.2) is 0 Å². The van der Waals surface area contributed by atoms with Gasteiger partial charge < -0.3 is 10.4 Å². The zero-order chi connectivity index (χ0) is 15.4. The Kier molecular flexibility index (Phi) is 5.15. The van der Waals surface area contributed by atoms with E-state index in [9.17, 15) is 9.90 Å². The minimum Gasteiger partial charge on any atom is -0.388 e. The molecule has 2 unspecified atom stereocenters. The molecule has 0 saturated heterocycles. The molecule has 0 radical (unpaired) electrons. The number of aliphatic hydroxyl groups excluding tert-OH is 1. The number of hydrogen-bond acceptors (Lipinski definition) is 3. The van der Waals surface area contributed by atoms with Crippen molar-refractivity contribution in [1.29, 1.82) is 0 Å². The number of rotatable bonds is 5. The lowest BCUT2D eigenvalue weighted by Gasteiger charge is -2.18. The summed E-state index contributed by atoms with van der Waals surface area (Å²) in [5.74, 6) is -0.0652. The Morgan fingerprint density at radius 2 is 1.95 bits per heavy atom. The molecule has 0 fully saturated rings. The maximum atomic E-state index is 12.2. The average Bonchev–Trinajstić information content (AvgIpc) is 2.78. The first-order valence-electron chi connectivity index (χ1n) is 7.08. The van der Waals surface area contributed by atoms with Crippen LogP contribution < -0.4 is 5.32 Å². The van der Waals surface area contributed by atoms with Crippen molar-refractivity contribution in [2.24, 2.45) is 0 Å². The molecular formula is C17H21NO2S. The Morgan fingerprint density at radius 3 is 2.52 bits per heavy atom. The molecule has 0 aliphatic heterocycles. The van der Waals surface area contributed by atoms with Gasteiger partial charge in [0.05, 0.1) is 11.7 Å². The van der Waals surface area contributed by atoms with Gasteiger partial charge >= 0.3 is 0 Å². The maximum absolute atomic E-state index is 12.2. The number of nitrogens with one attached hydrogen (secondary N) is 1. The molecule has 2 atom stereocenters. The standard InChI is InChI=1S/C17H21NO2S/c1-11(9-16(19)14-7-5-4-6-8-14)18-17(20)15-10-12(2)21-13(15)3/h4-8,10-11,16,19H,9H2,1-3H3,(H,18,20). The van der Waals surface area contributed by atoms with Crippen LogP contribution in [0.25, 0.3) is 0 Å². The van der Waals surface area contributed by atoms with Crippen LogP contribution in [0.3, 0.4) is 0 Å². The van der Waals surface area contributed by atoms with Gasteiger partial charge in [0, 0.05) is 15.8 Å². The Bertz CT molecular complexity index is 607. The number of hydrogen-bond donors (Lipinski definition) is 2. The van der Waals surface area contributed by atoms with Crippen LogP contribution in [0.2, 0.25) is 0 Å². The van der Waals surface area contributed by atoms with E-state index in [1.807, 2.05) is 57.2 Å². The van der Waals surface area contributed by atoms with E-state index in [4.69, 9.17) is 0 Å². The highest BCUT2D eigenvalue weighted by atomic mass is 32.1. The molecule has 4 heteroatoms. The smallest absolute Gasteiger partial charge is 0.252 e. The highest BCUT2D eigenvalue weighted by molar-refractivity contribution is 7.12. The summed E-state index contributed by atoms with van der Waals surface area (Å²) in [5.41, 5.74) is 1.61. The molecule has 21 heavy (non-hydrogen) atoms. The summed E-state index contributed by atoms with van der Waals surface area (Å²) < 4.78 is 0. The number of benzene rings is 1. The first-order chi connectivity index (χ1) is 9.97. The van der Waals surface area contributed by atoms with E-state index < -0.39 is 6.10 Å². The summed E-state index contributed by atoms with van der Waals surface area (Å²) in [6, 6.07) is 11.3. The minimum absolute atomic E-state index is 0.0652. The number of amides is 1. The molecule has 3 nitrogen and oxygen atoms in total. The lowest BCUT2D eigenvalue weighted by molar-refractivity contribution is 0.0917. The molecule has 0 spiro atoms. The zero-order valence-corrected chi connectivity index (χ0v) is 13.4. The van der Waals surface area contributed by atoms with Crippen molar-refractivity contribution in [2.75, 3.05) is 0 Å². The van der Waals surface area contributed by atoms with Crippen LogP contribution in [0, 0.1) is 13.8 Å². The molecule has 0 saturated carbocycles. The lowest BCUT2D eigenvalue weighted by Crippen LogP contribution is -2.33. The van der Waals surface area contributed by atoms with Gasteiger partial charge in [-0.1, -0.05) is 30.3 Å². The highest BCUT2D eigenvalue weighted by Gasteiger charge is 2.17. The fraction of sp³-hybridized carbons (Fsp3) is 0.353. The number of carbonyl (C=O) groups is 1. The van der Waals surface area contributed by atoms with Gasteiger partial charge in [-0.25, -0.2) is 0 Å². The van der Waals surface area contributed by atoms with Gasteiger partial charge in [-0.2, -0.15) is 0 Å². The van der Waals surface area contributed by atoms with E-state index in [0.29, 0.717) is 6.42 Å². The number of aliphatic hydroxyl groups is 1. The average molecular weight is 303 g/mol. The molecule has 1 aromatic carbocycles. The first-order valence-corrected chi connectivity index (χ1v) is 7.90. The predicted molar refractivity (Wildman–Crippen MR) is 86.7 cm³/mol. The summed E-state index contributed by atoms with van der Waals surface area (Å²) in [5, 5.41) is 13.1. The number of carbonyl (C=O) groups excluding carboxylic acids is 1. The Hall–Kier alpha value is -1.65. The molecule has 0 aliphatic carbocycles. The van der Waals surface area contributed by atoms with Crippen molar-refractivity contribution in [3.63, 3.8) is 0 Å². The van der Waals surface area contributed by atoms with Gasteiger partial charge in [0.25, 0.3) is 5.91 Å². The van der Waals surface area contributed by atoms with Crippen molar-refractivity contribution < 1.29 is 9.90 Å². The van der Waals surface area contributed by atoms with E-state index >= 15 is 0 Å². The van der Waals surface area contributed by atoms with Gasteiger partial charge in [0.1, 0.15) is 0 Å². The Balaban J connectivity index is 1.94. The second-order valence-corrected chi connectivity index (χ2v) is 6.82. The molecule has 1 amide bonds. The molecule has 2 aromatic rings.